The van der Waals surface area contributed by atoms with Crippen LogP contribution in [0.15, 0.2) is 24.3 Å². The molecule has 0 fully saturated rings. The van der Waals surface area contributed by atoms with Crippen molar-refractivity contribution < 1.29 is 4.74 Å². The van der Waals surface area contributed by atoms with E-state index in [-0.39, 0.29) is 6.61 Å². The molecule has 0 amide bonds. The molecule has 0 bridgehead atoms. The van der Waals surface area contributed by atoms with Crippen LogP contribution in [-0.2, 0) is 13.7 Å². The lowest BCUT2D eigenvalue weighted by molar-refractivity contribution is 0.295. The number of rotatable bonds is 3. The molecule has 0 saturated heterocycles. The second-order valence-electron chi connectivity index (χ2n) is 2.94. The van der Waals surface area contributed by atoms with E-state index in [1.54, 1.807) is 19.2 Å². The quantitative estimate of drug-likeness (QED) is 0.792. The highest BCUT2D eigenvalue weighted by Gasteiger charge is 2.01. The number of nitrogens with zero attached hydrogens (tertiary/aromatic N) is 4. The molecular formula is C9H9ClN4O. The van der Waals surface area contributed by atoms with Crippen LogP contribution in [0.5, 0.6) is 5.75 Å². The van der Waals surface area contributed by atoms with Crippen molar-refractivity contribution in [1.29, 1.82) is 0 Å². The predicted octanol–water partition coefficient (Wildman–Crippen LogP) is 1.44. The molecule has 0 radical (unpaired) electrons. The largest absolute Gasteiger partial charge is 0.485 e. The van der Waals surface area contributed by atoms with Gasteiger partial charge in [0.2, 0.25) is 5.82 Å². The lowest BCUT2D eigenvalue weighted by atomic mass is 10.3. The van der Waals surface area contributed by atoms with Crippen LogP contribution in [0, 0.1) is 0 Å². The van der Waals surface area contributed by atoms with Crippen molar-refractivity contribution in [2.75, 3.05) is 0 Å². The SMILES string of the molecule is Cn1nnc(COc2cccc(Cl)c2)n1. The third kappa shape index (κ3) is 2.66. The molecule has 2 aromatic rings. The maximum absolute atomic E-state index is 5.80. The van der Waals surface area contributed by atoms with Crippen LogP contribution in [0.3, 0.4) is 0 Å². The smallest absolute Gasteiger partial charge is 0.212 e. The number of ether oxygens (including phenoxy) is 1. The first-order valence-corrected chi connectivity index (χ1v) is 4.73. The molecule has 1 heterocycles. The van der Waals surface area contributed by atoms with Gasteiger partial charge in [-0.2, -0.15) is 4.80 Å². The zero-order valence-electron chi connectivity index (χ0n) is 8.09. The molecule has 0 spiro atoms. The Labute approximate surface area is 91.6 Å². The highest BCUT2D eigenvalue weighted by molar-refractivity contribution is 6.30. The maximum Gasteiger partial charge on any atom is 0.212 e. The lowest BCUT2D eigenvalue weighted by Gasteiger charge is -2.02. The molecule has 0 atom stereocenters. The number of aromatic nitrogens is 4. The second kappa shape index (κ2) is 4.27. The Bertz CT molecular complexity index is 457. The highest BCUT2D eigenvalue weighted by Crippen LogP contribution is 2.17. The predicted molar refractivity (Wildman–Crippen MR) is 54.6 cm³/mol. The maximum atomic E-state index is 5.80. The van der Waals surface area contributed by atoms with E-state index in [9.17, 15) is 0 Å². The number of halogens is 1. The Hall–Kier alpha value is -1.62. The minimum Gasteiger partial charge on any atom is -0.485 e. The fourth-order valence-electron chi connectivity index (χ4n) is 1.09. The van der Waals surface area contributed by atoms with Gasteiger partial charge in [0.1, 0.15) is 5.75 Å². The fraction of sp³-hybridized carbons (Fsp3) is 0.222. The molecule has 15 heavy (non-hydrogen) atoms. The van der Waals surface area contributed by atoms with Gasteiger partial charge in [-0.3, -0.25) is 0 Å². The molecule has 0 aliphatic heterocycles. The van der Waals surface area contributed by atoms with Gasteiger partial charge in [0.25, 0.3) is 0 Å². The number of hydrogen-bond donors (Lipinski definition) is 0. The summed E-state index contributed by atoms with van der Waals surface area (Å²) in [6.07, 6.45) is 0. The Kier molecular flexibility index (Phi) is 2.82. The van der Waals surface area contributed by atoms with Gasteiger partial charge in [0.15, 0.2) is 6.61 Å². The summed E-state index contributed by atoms with van der Waals surface area (Å²) in [7, 11) is 1.70. The average Bonchev–Trinajstić information content (AvgIpc) is 2.62. The molecule has 0 saturated carbocycles. The topological polar surface area (TPSA) is 52.8 Å². The van der Waals surface area contributed by atoms with E-state index in [0.29, 0.717) is 16.6 Å². The van der Waals surface area contributed by atoms with Crippen LogP contribution < -0.4 is 4.74 Å². The van der Waals surface area contributed by atoms with E-state index >= 15 is 0 Å². The van der Waals surface area contributed by atoms with Crippen LogP contribution in [0.2, 0.25) is 5.02 Å². The summed E-state index contributed by atoms with van der Waals surface area (Å²) < 4.78 is 5.42. The van der Waals surface area contributed by atoms with Gasteiger partial charge in [0, 0.05) is 5.02 Å². The van der Waals surface area contributed by atoms with E-state index in [0.717, 1.165) is 0 Å². The Morgan fingerprint density at radius 1 is 1.47 bits per heavy atom. The van der Waals surface area contributed by atoms with E-state index in [4.69, 9.17) is 16.3 Å². The first-order chi connectivity index (χ1) is 7.24. The summed E-state index contributed by atoms with van der Waals surface area (Å²) in [5, 5.41) is 12.1. The second-order valence-corrected chi connectivity index (χ2v) is 3.38. The number of tetrazole rings is 1. The average molecular weight is 225 g/mol. The normalized spacial score (nSPS) is 10.3. The molecular weight excluding hydrogens is 216 g/mol. The van der Waals surface area contributed by atoms with E-state index in [1.165, 1.54) is 4.80 Å². The summed E-state index contributed by atoms with van der Waals surface area (Å²) in [5.74, 6) is 1.23. The zero-order valence-corrected chi connectivity index (χ0v) is 8.85. The summed E-state index contributed by atoms with van der Waals surface area (Å²) in [5.41, 5.74) is 0. The number of benzene rings is 1. The first kappa shape index (κ1) is 9.92. The molecule has 1 aromatic carbocycles. The summed E-state index contributed by atoms with van der Waals surface area (Å²) >= 11 is 5.80. The van der Waals surface area contributed by atoms with Gasteiger partial charge in [-0.25, -0.2) is 0 Å². The Morgan fingerprint density at radius 2 is 2.33 bits per heavy atom. The van der Waals surface area contributed by atoms with Gasteiger partial charge in [0.05, 0.1) is 7.05 Å². The van der Waals surface area contributed by atoms with E-state index < -0.39 is 0 Å². The van der Waals surface area contributed by atoms with Crippen molar-refractivity contribution in [3.8, 4) is 5.75 Å². The standard InChI is InChI=1S/C9H9ClN4O/c1-14-12-9(11-13-14)6-15-8-4-2-3-7(10)5-8/h2-5H,6H2,1H3. The van der Waals surface area contributed by atoms with Gasteiger partial charge in [-0.1, -0.05) is 17.7 Å². The Balaban J connectivity index is 1.99. The number of aryl methyl sites for hydroxylation is 1. The summed E-state index contributed by atoms with van der Waals surface area (Å²) in [6.45, 7) is 0.286. The van der Waals surface area contributed by atoms with Crippen molar-refractivity contribution in [2.24, 2.45) is 7.05 Å². The van der Waals surface area contributed by atoms with Crippen molar-refractivity contribution in [3.63, 3.8) is 0 Å². The molecule has 6 heteroatoms. The van der Waals surface area contributed by atoms with Crippen molar-refractivity contribution in [1.82, 2.24) is 20.2 Å². The van der Waals surface area contributed by atoms with Crippen molar-refractivity contribution in [3.05, 3.63) is 35.1 Å². The lowest BCUT2D eigenvalue weighted by Crippen LogP contribution is -1.98. The monoisotopic (exact) mass is 224 g/mol. The van der Waals surface area contributed by atoms with Gasteiger partial charge < -0.3 is 4.74 Å². The first-order valence-electron chi connectivity index (χ1n) is 4.35. The minimum absolute atomic E-state index is 0.286. The van der Waals surface area contributed by atoms with Crippen LogP contribution in [0.1, 0.15) is 5.82 Å². The van der Waals surface area contributed by atoms with Crippen molar-refractivity contribution >= 4 is 11.6 Å². The third-order valence-corrected chi connectivity index (χ3v) is 1.95. The molecule has 0 unspecified atom stereocenters. The van der Waals surface area contributed by atoms with Gasteiger partial charge >= 0.3 is 0 Å². The minimum atomic E-state index is 0.286. The summed E-state index contributed by atoms with van der Waals surface area (Å²) in [6, 6.07) is 7.16. The van der Waals surface area contributed by atoms with Crippen LogP contribution in [0.4, 0.5) is 0 Å². The van der Waals surface area contributed by atoms with Gasteiger partial charge in [-0.05, 0) is 23.4 Å². The van der Waals surface area contributed by atoms with E-state index in [1.807, 2.05) is 12.1 Å². The molecule has 0 aliphatic carbocycles. The molecule has 5 nitrogen and oxygen atoms in total. The molecule has 1 aromatic heterocycles. The van der Waals surface area contributed by atoms with Crippen molar-refractivity contribution in [2.45, 2.75) is 6.61 Å². The van der Waals surface area contributed by atoms with Crippen LogP contribution >= 0.6 is 11.6 Å². The summed E-state index contributed by atoms with van der Waals surface area (Å²) in [4.78, 5) is 1.39. The fourth-order valence-corrected chi connectivity index (χ4v) is 1.27. The van der Waals surface area contributed by atoms with Crippen LogP contribution in [0.25, 0.3) is 0 Å². The zero-order chi connectivity index (χ0) is 10.7. The van der Waals surface area contributed by atoms with Gasteiger partial charge in [-0.15, -0.1) is 10.2 Å². The number of hydrogen-bond acceptors (Lipinski definition) is 4. The van der Waals surface area contributed by atoms with Crippen LogP contribution in [-0.4, -0.2) is 20.2 Å². The highest BCUT2D eigenvalue weighted by atomic mass is 35.5. The third-order valence-electron chi connectivity index (χ3n) is 1.71. The molecule has 0 N–H and O–H groups in total. The molecule has 0 aliphatic rings. The molecule has 2 rings (SSSR count). The van der Waals surface area contributed by atoms with E-state index in [2.05, 4.69) is 15.4 Å². The Morgan fingerprint density at radius 3 is 3.00 bits per heavy atom. The molecule has 78 valence electrons.